The summed E-state index contributed by atoms with van der Waals surface area (Å²) in [5, 5.41) is 33.1. The lowest BCUT2D eigenvalue weighted by Crippen LogP contribution is -2.70. The first-order valence-electron chi connectivity index (χ1n) is 13.8. The molecule has 0 heterocycles. The fourth-order valence-corrected chi connectivity index (χ4v) is 10.6. The van der Waals surface area contributed by atoms with Gasteiger partial charge >= 0.3 is 5.97 Å². The van der Waals surface area contributed by atoms with Gasteiger partial charge in [-0.25, -0.2) is 0 Å². The van der Waals surface area contributed by atoms with Crippen LogP contribution in [-0.4, -0.2) is 39.3 Å². The summed E-state index contributed by atoms with van der Waals surface area (Å²) >= 11 is 0. The highest BCUT2D eigenvalue weighted by atomic mass is 16.4. The fourth-order valence-electron chi connectivity index (χ4n) is 10.6. The molecule has 5 nitrogen and oxygen atoms in total. The number of hydrogen-bond donors (Lipinski definition) is 3. The van der Waals surface area contributed by atoms with Gasteiger partial charge in [0.2, 0.25) is 0 Å². The molecule has 4 fully saturated rings. The van der Waals surface area contributed by atoms with Crippen molar-refractivity contribution in [1.82, 2.24) is 0 Å². The van der Waals surface area contributed by atoms with Gasteiger partial charge in [0, 0.05) is 5.92 Å². The van der Waals surface area contributed by atoms with Crippen LogP contribution in [0, 0.1) is 50.2 Å². The Morgan fingerprint density at radius 2 is 1.54 bits per heavy atom. The van der Waals surface area contributed by atoms with Gasteiger partial charge in [0.1, 0.15) is 0 Å². The van der Waals surface area contributed by atoms with Gasteiger partial charge in [-0.3, -0.25) is 9.59 Å². The first-order chi connectivity index (χ1) is 16.0. The van der Waals surface area contributed by atoms with Gasteiger partial charge in [0.15, 0.2) is 5.78 Å². The number of hydrogen-bond acceptors (Lipinski definition) is 4. The van der Waals surface area contributed by atoms with Crippen molar-refractivity contribution in [3.63, 3.8) is 0 Å². The maximum atomic E-state index is 14.2. The van der Waals surface area contributed by atoms with E-state index in [1.165, 1.54) is 0 Å². The minimum absolute atomic E-state index is 0.0379. The van der Waals surface area contributed by atoms with E-state index in [-0.39, 0.29) is 34.4 Å². The molecule has 5 rings (SSSR count). The Kier molecular flexibility index (Phi) is 5.25. The summed E-state index contributed by atoms with van der Waals surface area (Å²) in [5.41, 5.74) is -1.38. The number of carbonyl (C=O) groups excluding carboxylic acids is 1. The summed E-state index contributed by atoms with van der Waals surface area (Å²) in [6, 6.07) is 0. The number of fused-ring (bicyclic) bond motifs is 7. The molecule has 196 valence electrons. The molecule has 0 saturated heterocycles. The lowest BCUT2D eigenvalue weighted by Gasteiger charge is -2.71. The highest BCUT2D eigenvalue weighted by molar-refractivity contribution is 5.96. The zero-order chi connectivity index (χ0) is 26.0. The Balaban J connectivity index is 1.68. The molecule has 0 aliphatic heterocycles. The van der Waals surface area contributed by atoms with Crippen molar-refractivity contribution in [3.8, 4) is 0 Å². The monoisotopic (exact) mass is 486 g/mol. The van der Waals surface area contributed by atoms with E-state index in [2.05, 4.69) is 34.6 Å². The predicted molar refractivity (Wildman–Crippen MR) is 134 cm³/mol. The molecule has 35 heavy (non-hydrogen) atoms. The molecule has 9 atom stereocenters. The van der Waals surface area contributed by atoms with Gasteiger partial charge in [-0.05, 0) is 96.4 Å². The third-order valence-electron chi connectivity index (χ3n) is 12.7. The van der Waals surface area contributed by atoms with Gasteiger partial charge in [0.05, 0.1) is 17.6 Å². The average Bonchev–Trinajstić information content (AvgIpc) is 2.71. The van der Waals surface area contributed by atoms with Crippen LogP contribution in [0.25, 0.3) is 0 Å². The Labute approximate surface area is 210 Å². The molecule has 0 radical (unpaired) electrons. The SMILES string of the molecule is CC1(C)CC[C@]2(C(=O)O)CC[C@]3(C)C(=CC(=O)[C@@H]4[C@@]5(C)CC[C@H](O)C(C)(C)C5[C@H](O)C[C@]43C)[C@H]2C1. The number of aliphatic carboxylic acids is 1. The Morgan fingerprint density at radius 1 is 0.914 bits per heavy atom. The number of carboxylic acid groups (broad SMARTS) is 1. The number of allylic oxidation sites excluding steroid dienone is 2. The molecule has 0 spiro atoms. The van der Waals surface area contributed by atoms with Crippen LogP contribution in [0.3, 0.4) is 0 Å². The lowest BCUT2D eigenvalue weighted by atomic mass is 9.33. The third-order valence-corrected chi connectivity index (χ3v) is 12.7. The molecule has 1 unspecified atom stereocenters. The highest BCUT2D eigenvalue weighted by Gasteiger charge is 2.72. The number of carboxylic acids is 1. The van der Waals surface area contributed by atoms with E-state index in [9.17, 15) is 24.9 Å². The molecule has 5 aliphatic carbocycles. The minimum atomic E-state index is -0.791. The molecule has 0 aromatic rings. The van der Waals surface area contributed by atoms with E-state index in [1.807, 2.05) is 19.9 Å². The molecule has 0 aromatic heterocycles. The second kappa shape index (κ2) is 7.22. The van der Waals surface area contributed by atoms with Crippen molar-refractivity contribution in [2.24, 2.45) is 50.2 Å². The number of rotatable bonds is 1. The largest absolute Gasteiger partial charge is 0.481 e. The van der Waals surface area contributed by atoms with Crippen LogP contribution >= 0.6 is 0 Å². The highest BCUT2D eigenvalue weighted by Crippen LogP contribution is 2.75. The Bertz CT molecular complexity index is 995. The van der Waals surface area contributed by atoms with Crippen LogP contribution in [0.15, 0.2) is 11.6 Å². The van der Waals surface area contributed by atoms with Crippen molar-refractivity contribution in [1.29, 1.82) is 0 Å². The van der Waals surface area contributed by atoms with E-state index in [0.29, 0.717) is 25.7 Å². The standard InChI is InChI=1S/C30H46O5/c1-25(2)10-12-30(24(34)35)13-11-28(6)17(18(30)15-25)14-19(31)23-27(5)9-8-21(33)26(3,4)22(27)20(32)16-29(23,28)7/h14,18,20-23,32-33H,8-13,15-16H2,1-7H3,(H,34,35)/t18-,20-,21+,22?,23-,27+,28-,29-,30+/m1/s1. The van der Waals surface area contributed by atoms with E-state index < -0.39 is 39.8 Å². The summed E-state index contributed by atoms with van der Waals surface area (Å²) in [6.07, 6.45) is 6.38. The second-order valence-electron chi connectivity index (χ2n) is 15.2. The molecule has 4 saturated carbocycles. The van der Waals surface area contributed by atoms with Crippen molar-refractivity contribution in [2.75, 3.05) is 0 Å². The van der Waals surface area contributed by atoms with E-state index in [1.54, 1.807) is 0 Å². The molecular formula is C30H46O5. The van der Waals surface area contributed by atoms with Crippen LogP contribution in [0.4, 0.5) is 0 Å². The number of carbonyl (C=O) groups is 2. The minimum Gasteiger partial charge on any atom is -0.481 e. The topological polar surface area (TPSA) is 94.8 Å². The smallest absolute Gasteiger partial charge is 0.310 e. The van der Waals surface area contributed by atoms with Gasteiger partial charge in [-0.15, -0.1) is 0 Å². The van der Waals surface area contributed by atoms with Gasteiger partial charge in [-0.2, -0.15) is 0 Å². The summed E-state index contributed by atoms with van der Waals surface area (Å²) in [4.78, 5) is 27.0. The van der Waals surface area contributed by atoms with Crippen LogP contribution in [0.2, 0.25) is 0 Å². The van der Waals surface area contributed by atoms with Crippen molar-refractivity contribution < 1.29 is 24.9 Å². The number of aliphatic hydroxyl groups excluding tert-OH is 2. The first kappa shape index (κ1) is 25.4. The summed E-state index contributed by atoms with van der Waals surface area (Å²) in [7, 11) is 0. The van der Waals surface area contributed by atoms with Gasteiger partial charge in [0.25, 0.3) is 0 Å². The Morgan fingerprint density at radius 3 is 2.17 bits per heavy atom. The van der Waals surface area contributed by atoms with Crippen LogP contribution in [0.1, 0.15) is 99.8 Å². The van der Waals surface area contributed by atoms with Crippen molar-refractivity contribution in [2.45, 2.75) is 112 Å². The summed E-state index contributed by atoms with van der Waals surface area (Å²) < 4.78 is 0. The Hall–Kier alpha value is -1.20. The molecule has 5 aliphatic rings. The molecular weight excluding hydrogens is 440 g/mol. The zero-order valence-corrected chi connectivity index (χ0v) is 22.8. The molecule has 5 heteroatoms. The lowest BCUT2D eigenvalue weighted by molar-refractivity contribution is -0.236. The molecule has 3 N–H and O–H groups in total. The van der Waals surface area contributed by atoms with Gasteiger partial charge in [-0.1, -0.05) is 54.0 Å². The molecule has 0 aromatic carbocycles. The fraction of sp³-hybridized carbons (Fsp3) is 0.867. The normalized spacial score (nSPS) is 52.3. The van der Waals surface area contributed by atoms with Gasteiger partial charge < -0.3 is 15.3 Å². The maximum absolute atomic E-state index is 14.2. The van der Waals surface area contributed by atoms with Crippen LogP contribution < -0.4 is 0 Å². The zero-order valence-electron chi connectivity index (χ0n) is 22.8. The van der Waals surface area contributed by atoms with Crippen LogP contribution in [0.5, 0.6) is 0 Å². The van der Waals surface area contributed by atoms with Crippen LogP contribution in [-0.2, 0) is 9.59 Å². The van der Waals surface area contributed by atoms with E-state index >= 15 is 0 Å². The number of aliphatic hydroxyl groups is 2. The second-order valence-corrected chi connectivity index (χ2v) is 15.2. The van der Waals surface area contributed by atoms with E-state index in [4.69, 9.17) is 0 Å². The summed E-state index contributed by atoms with van der Waals surface area (Å²) in [6.45, 7) is 15.2. The number of ketones is 1. The quantitative estimate of drug-likeness (QED) is 0.462. The predicted octanol–water partition coefficient (Wildman–Crippen LogP) is 5.38. The van der Waals surface area contributed by atoms with Crippen molar-refractivity contribution >= 4 is 11.8 Å². The first-order valence-corrected chi connectivity index (χ1v) is 13.8. The van der Waals surface area contributed by atoms with E-state index in [0.717, 1.165) is 31.3 Å². The summed E-state index contributed by atoms with van der Waals surface area (Å²) in [5.74, 6) is -1.13. The third kappa shape index (κ3) is 3.00. The maximum Gasteiger partial charge on any atom is 0.310 e. The average molecular weight is 487 g/mol. The molecule has 0 bridgehead atoms. The van der Waals surface area contributed by atoms with Crippen molar-refractivity contribution in [3.05, 3.63) is 11.6 Å². The molecule has 0 amide bonds.